The molecule has 132 valence electrons. The number of aryl methyl sites for hydroxylation is 1. The van der Waals surface area contributed by atoms with Gasteiger partial charge in [-0.05, 0) is 43.5 Å². The molecule has 0 saturated carbocycles. The number of nitrogens with one attached hydrogen (secondary N) is 1. The molecule has 6 nitrogen and oxygen atoms in total. The number of carbonyl (C=O) groups excluding carboxylic acids is 1. The van der Waals surface area contributed by atoms with Crippen molar-refractivity contribution in [3.63, 3.8) is 0 Å². The highest BCUT2D eigenvalue weighted by Crippen LogP contribution is 2.17. The fourth-order valence-electron chi connectivity index (χ4n) is 1.96. The van der Waals surface area contributed by atoms with Crippen molar-refractivity contribution in [1.29, 1.82) is 0 Å². The molecule has 0 atom stereocenters. The Morgan fingerprint density at radius 3 is 2.30 bits per heavy atom. The SMILES string of the molecule is CCC(N)(CC)CNS(=O)(=O)c1ccc(C(=O)OC)c(C)c1.Cl. The van der Waals surface area contributed by atoms with E-state index in [1.165, 1.54) is 25.3 Å². The lowest BCUT2D eigenvalue weighted by Crippen LogP contribution is -2.49. The molecule has 1 aromatic carbocycles. The second-order valence-electron chi connectivity index (χ2n) is 5.36. The first-order chi connectivity index (χ1) is 10.2. The molecule has 0 aliphatic carbocycles. The Bertz CT molecular complexity index is 643. The van der Waals surface area contributed by atoms with E-state index < -0.39 is 21.5 Å². The van der Waals surface area contributed by atoms with Crippen LogP contribution < -0.4 is 10.5 Å². The molecule has 0 bridgehead atoms. The number of methoxy groups -OCH3 is 1. The molecule has 0 unspecified atom stereocenters. The minimum absolute atomic E-state index is 0. The van der Waals surface area contributed by atoms with Crippen LogP contribution >= 0.6 is 12.4 Å². The van der Waals surface area contributed by atoms with E-state index in [2.05, 4.69) is 9.46 Å². The van der Waals surface area contributed by atoms with Gasteiger partial charge in [-0.3, -0.25) is 0 Å². The summed E-state index contributed by atoms with van der Waals surface area (Å²) in [5, 5.41) is 0. The average Bonchev–Trinajstić information content (AvgIpc) is 2.51. The van der Waals surface area contributed by atoms with Crippen LogP contribution in [0.1, 0.15) is 42.6 Å². The first-order valence-electron chi connectivity index (χ1n) is 7.16. The van der Waals surface area contributed by atoms with Crippen LogP contribution in [-0.2, 0) is 14.8 Å². The first-order valence-corrected chi connectivity index (χ1v) is 8.65. The predicted molar refractivity (Wildman–Crippen MR) is 92.5 cm³/mol. The van der Waals surface area contributed by atoms with E-state index in [0.717, 1.165) is 0 Å². The molecular weight excluding hydrogens is 340 g/mol. The van der Waals surface area contributed by atoms with Gasteiger partial charge in [0, 0.05) is 12.1 Å². The molecule has 1 rings (SSSR count). The highest BCUT2D eigenvalue weighted by molar-refractivity contribution is 7.89. The lowest BCUT2D eigenvalue weighted by Gasteiger charge is -2.26. The van der Waals surface area contributed by atoms with Gasteiger partial charge in [0.1, 0.15) is 0 Å². The Morgan fingerprint density at radius 1 is 1.30 bits per heavy atom. The van der Waals surface area contributed by atoms with Gasteiger partial charge in [0.25, 0.3) is 0 Å². The second-order valence-corrected chi connectivity index (χ2v) is 7.13. The fourth-order valence-corrected chi connectivity index (χ4v) is 3.19. The monoisotopic (exact) mass is 364 g/mol. The van der Waals surface area contributed by atoms with Crippen molar-refractivity contribution in [2.24, 2.45) is 5.73 Å². The van der Waals surface area contributed by atoms with Crippen molar-refractivity contribution in [3.05, 3.63) is 29.3 Å². The summed E-state index contributed by atoms with van der Waals surface area (Å²) in [6.07, 6.45) is 1.35. The van der Waals surface area contributed by atoms with Crippen LogP contribution in [0.2, 0.25) is 0 Å². The average molecular weight is 365 g/mol. The van der Waals surface area contributed by atoms with Gasteiger partial charge in [-0.25, -0.2) is 17.9 Å². The van der Waals surface area contributed by atoms with Gasteiger partial charge in [-0.2, -0.15) is 0 Å². The summed E-state index contributed by atoms with van der Waals surface area (Å²) < 4.78 is 31.8. The molecule has 3 N–H and O–H groups in total. The van der Waals surface area contributed by atoms with Gasteiger partial charge in [-0.1, -0.05) is 13.8 Å². The Kier molecular flexibility index (Phi) is 8.20. The molecule has 0 radical (unpaired) electrons. The summed E-state index contributed by atoms with van der Waals surface area (Å²) in [7, 11) is -2.39. The lowest BCUT2D eigenvalue weighted by atomic mass is 9.95. The standard InChI is InChI=1S/C15H24N2O4S.ClH/c1-5-15(16,6-2)10-17-22(19,20)12-7-8-13(11(3)9-12)14(18)21-4;/h7-9,17H,5-6,10,16H2,1-4H3;1H. The summed E-state index contributed by atoms with van der Waals surface area (Å²) in [5.41, 5.74) is 6.43. The van der Waals surface area contributed by atoms with Crippen LogP contribution in [0, 0.1) is 6.92 Å². The molecule has 0 amide bonds. The van der Waals surface area contributed by atoms with E-state index in [1.54, 1.807) is 6.92 Å². The van der Waals surface area contributed by atoms with Crippen LogP contribution in [0.15, 0.2) is 23.1 Å². The summed E-state index contributed by atoms with van der Waals surface area (Å²) in [4.78, 5) is 11.6. The third-order valence-electron chi connectivity index (χ3n) is 3.94. The highest BCUT2D eigenvalue weighted by atomic mass is 35.5. The van der Waals surface area contributed by atoms with Crippen molar-refractivity contribution < 1.29 is 17.9 Å². The zero-order chi connectivity index (χ0) is 17.0. The Morgan fingerprint density at radius 2 is 1.87 bits per heavy atom. The first kappa shape index (κ1) is 21.9. The number of halogens is 1. The number of hydrogen-bond acceptors (Lipinski definition) is 5. The molecule has 23 heavy (non-hydrogen) atoms. The molecule has 1 aromatic rings. The molecular formula is C15H25ClN2O4S. The summed E-state index contributed by atoms with van der Waals surface area (Å²) in [5.74, 6) is -0.493. The van der Waals surface area contributed by atoms with Crippen molar-refractivity contribution in [3.8, 4) is 0 Å². The molecule has 0 saturated heterocycles. The van der Waals surface area contributed by atoms with Crippen molar-refractivity contribution in [1.82, 2.24) is 4.72 Å². The van der Waals surface area contributed by atoms with E-state index >= 15 is 0 Å². The van der Waals surface area contributed by atoms with Crippen molar-refractivity contribution in [2.75, 3.05) is 13.7 Å². The largest absolute Gasteiger partial charge is 0.465 e. The van der Waals surface area contributed by atoms with E-state index in [4.69, 9.17) is 5.73 Å². The van der Waals surface area contributed by atoms with E-state index in [0.29, 0.717) is 24.0 Å². The van der Waals surface area contributed by atoms with E-state index in [1.807, 2.05) is 13.8 Å². The lowest BCUT2D eigenvalue weighted by molar-refractivity contribution is 0.0600. The Balaban J connectivity index is 0.00000484. The minimum atomic E-state index is -3.67. The molecule has 0 fully saturated rings. The maximum absolute atomic E-state index is 12.3. The Hall–Kier alpha value is -1.15. The number of sulfonamides is 1. The number of benzene rings is 1. The van der Waals surface area contributed by atoms with Crippen molar-refractivity contribution >= 4 is 28.4 Å². The number of nitrogens with two attached hydrogens (primary N) is 1. The predicted octanol–water partition coefficient (Wildman–Crippen LogP) is 2.00. The molecule has 0 spiro atoms. The number of hydrogen-bond donors (Lipinski definition) is 2. The zero-order valence-corrected chi connectivity index (χ0v) is 15.5. The van der Waals surface area contributed by atoms with E-state index in [9.17, 15) is 13.2 Å². The summed E-state index contributed by atoms with van der Waals surface area (Å²) in [6, 6.07) is 4.29. The van der Waals surface area contributed by atoms with Crippen LogP contribution in [0.25, 0.3) is 0 Å². The van der Waals surface area contributed by atoms with Gasteiger partial charge < -0.3 is 10.5 Å². The summed E-state index contributed by atoms with van der Waals surface area (Å²) in [6.45, 7) is 5.68. The topological polar surface area (TPSA) is 98.5 Å². The molecule has 0 heterocycles. The number of carbonyl (C=O) groups is 1. The smallest absolute Gasteiger partial charge is 0.338 e. The van der Waals surface area contributed by atoms with Crippen molar-refractivity contribution in [2.45, 2.75) is 44.0 Å². The normalized spacial score (nSPS) is 11.7. The molecule has 0 aliphatic rings. The summed E-state index contributed by atoms with van der Waals surface area (Å²) >= 11 is 0. The fraction of sp³-hybridized carbons (Fsp3) is 0.533. The molecule has 0 aliphatic heterocycles. The number of ether oxygens (including phenoxy) is 1. The third-order valence-corrected chi connectivity index (χ3v) is 5.33. The van der Waals surface area contributed by atoms with Gasteiger partial charge >= 0.3 is 5.97 Å². The molecule has 0 aromatic heterocycles. The van der Waals surface area contributed by atoms with Crippen LogP contribution in [-0.4, -0.2) is 33.6 Å². The van der Waals surface area contributed by atoms with E-state index in [-0.39, 0.29) is 23.8 Å². The maximum Gasteiger partial charge on any atom is 0.338 e. The number of esters is 1. The Labute approximate surface area is 144 Å². The maximum atomic E-state index is 12.3. The van der Waals surface area contributed by atoms with Crippen LogP contribution in [0.3, 0.4) is 0 Å². The molecule has 8 heteroatoms. The highest BCUT2D eigenvalue weighted by Gasteiger charge is 2.24. The van der Waals surface area contributed by atoms with Crippen LogP contribution in [0.4, 0.5) is 0 Å². The zero-order valence-electron chi connectivity index (χ0n) is 13.9. The second kappa shape index (κ2) is 8.63. The van der Waals surface area contributed by atoms with Gasteiger partial charge in [0.05, 0.1) is 17.6 Å². The minimum Gasteiger partial charge on any atom is -0.465 e. The third kappa shape index (κ3) is 5.46. The van der Waals surface area contributed by atoms with Gasteiger partial charge in [-0.15, -0.1) is 12.4 Å². The number of rotatable bonds is 7. The quantitative estimate of drug-likeness (QED) is 0.721. The van der Waals surface area contributed by atoms with Gasteiger partial charge in [0.2, 0.25) is 10.0 Å². The van der Waals surface area contributed by atoms with Crippen LogP contribution in [0.5, 0.6) is 0 Å². The van der Waals surface area contributed by atoms with Gasteiger partial charge in [0.15, 0.2) is 0 Å².